The SMILES string of the molecule is CCN1CCCC(Nc2ccc(C#N)cc2OC)CC1. The molecule has 0 aliphatic carbocycles. The van der Waals surface area contributed by atoms with Crippen molar-refractivity contribution in [3.05, 3.63) is 23.8 Å². The average Bonchev–Trinajstić information content (AvgIpc) is 2.72. The fourth-order valence-electron chi connectivity index (χ4n) is 2.72. The lowest BCUT2D eigenvalue weighted by atomic mass is 10.1. The Morgan fingerprint density at radius 1 is 1.40 bits per heavy atom. The van der Waals surface area contributed by atoms with Crippen LogP contribution in [0.3, 0.4) is 0 Å². The van der Waals surface area contributed by atoms with Gasteiger partial charge in [-0.05, 0) is 44.5 Å². The number of ether oxygens (including phenoxy) is 1. The van der Waals surface area contributed by atoms with E-state index in [0.29, 0.717) is 11.6 Å². The molecule has 1 aromatic carbocycles. The van der Waals surface area contributed by atoms with Crippen molar-refractivity contribution in [1.82, 2.24) is 4.90 Å². The maximum absolute atomic E-state index is 8.93. The second kappa shape index (κ2) is 7.16. The zero-order valence-corrected chi connectivity index (χ0v) is 12.4. The van der Waals surface area contributed by atoms with Gasteiger partial charge in [0.25, 0.3) is 0 Å². The van der Waals surface area contributed by atoms with Gasteiger partial charge in [0.05, 0.1) is 24.4 Å². The highest BCUT2D eigenvalue weighted by Gasteiger charge is 2.17. The van der Waals surface area contributed by atoms with Gasteiger partial charge in [-0.3, -0.25) is 0 Å². The number of likely N-dealkylation sites (tertiary alicyclic amines) is 1. The van der Waals surface area contributed by atoms with Gasteiger partial charge in [-0.15, -0.1) is 0 Å². The summed E-state index contributed by atoms with van der Waals surface area (Å²) in [5.74, 6) is 0.751. The zero-order valence-electron chi connectivity index (χ0n) is 12.4. The fourth-order valence-corrected chi connectivity index (χ4v) is 2.72. The minimum absolute atomic E-state index is 0.480. The number of benzene rings is 1. The highest BCUT2D eigenvalue weighted by Crippen LogP contribution is 2.27. The summed E-state index contributed by atoms with van der Waals surface area (Å²) in [5, 5.41) is 12.5. The number of methoxy groups -OCH3 is 1. The van der Waals surface area contributed by atoms with Crippen molar-refractivity contribution >= 4 is 5.69 Å². The molecule has 1 aromatic rings. The number of nitriles is 1. The first kappa shape index (κ1) is 14.7. The molecule has 2 rings (SSSR count). The standard InChI is InChI=1S/C16H23N3O/c1-3-19-9-4-5-14(8-10-19)18-15-7-6-13(12-17)11-16(15)20-2/h6-7,11,14,18H,3-5,8-10H2,1-2H3. The molecule has 20 heavy (non-hydrogen) atoms. The molecule has 1 aliphatic rings. The van der Waals surface area contributed by atoms with Crippen molar-refractivity contribution in [2.45, 2.75) is 32.2 Å². The Hall–Kier alpha value is -1.73. The van der Waals surface area contributed by atoms with Crippen molar-refractivity contribution in [3.8, 4) is 11.8 Å². The van der Waals surface area contributed by atoms with Gasteiger partial charge in [-0.1, -0.05) is 6.92 Å². The van der Waals surface area contributed by atoms with Crippen LogP contribution in [0.4, 0.5) is 5.69 Å². The van der Waals surface area contributed by atoms with E-state index in [1.807, 2.05) is 12.1 Å². The summed E-state index contributed by atoms with van der Waals surface area (Å²) in [5.41, 5.74) is 1.62. The van der Waals surface area contributed by atoms with Crippen LogP contribution in [0.2, 0.25) is 0 Å². The largest absolute Gasteiger partial charge is 0.495 e. The van der Waals surface area contributed by atoms with Crippen LogP contribution in [0, 0.1) is 11.3 Å². The molecule has 1 saturated heterocycles. The second-order valence-corrected chi connectivity index (χ2v) is 5.23. The van der Waals surface area contributed by atoms with Gasteiger partial charge >= 0.3 is 0 Å². The third-order valence-electron chi connectivity index (χ3n) is 3.96. The van der Waals surface area contributed by atoms with E-state index < -0.39 is 0 Å². The van der Waals surface area contributed by atoms with Gasteiger partial charge in [0, 0.05) is 18.7 Å². The first-order valence-corrected chi connectivity index (χ1v) is 7.33. The third-order valence-corrected chi connectivity index (χ3v) is 3.96. The molecule has 4 heteroatoms. The van der Waals surface area contributed by atoms with E-state index in [-0.39, 0.29) is 0 Å². The van der Waals surface area contributed by atoms with Crippen molar-refractivity contribution < 1.29 is 4.74 Å². The van der Waals surface area contributed by atoms with Crippen molar-refractivity contribution in [3.63, 3.8) is 0 Å². The number of anilines is 1. The van der Waals surface area contributed by atoms with E-state index in [1.54, 1.807) is 13.2 Å². The summed E-state index contributed by atoms with van der Waals surface area (Å²) in [6.07, 6.45) is 3.56. The van der Waals surface area contributed by atoms with Gasteiger partial charge in [0.2, 0.25) is 0 Å². The molecule has 0 spiro atoms. The summed E-state index contributed by atoms with van der Waals surface area (Å²) >= 11 is 0. The van der Waals surface area contributed by atoms with Crippen LogP contribution in [0.15, 0.2) is 18.2 Å². The van der Waals surface area contributed by atoms with Crippen molar-refractivity contribution in [2.75, 3.05) is 32.1 Å². The lowest BCUT2D eigenvalue weighted by Crippen LogP contribution is -2.26. The minimum atomic E-state index is 0.480. The van der Waals surface area contributed by atoms with E-state index >= 15 is 0 Å². The van der Waals surface area contributed by atoms with E-state index in [4.69, 9.17) is 10.00 Å². The summed E-state index contributed by atoms with van der Waals surface area (Å²) in [7, 11) is 1.65. The molecule has 0 bridgehead atoms. The molecular weight excluding hydrogens is 250 g/mol. The molecule has 0 amide bonds. The topological polar surface area (TPSA) is 48.3 Å². The zero-order chi connectivity index (χ0) is 14.4. The molecular formula is C16H23N3O. The average molecular weight is 273 g/mol. The van der Waals surface area contributed by atoms with Crippen LogP contribution in [0.1, 0.15) is 31.7 Å². The highest BCUT2D eigenvalue weighted by atomic mass is 16.5. The Kier molecular flexibility index (Phi) is 5.25. The van der Waals surface area contributed by atoms with Gasteiger partial charge in [-0.25, -0.2) is 0 Å². The lowest BCUT2D eigenvalue weighted by molar-refractivity contribution is 0.300. The minimum Gasteiger partial charge on any atom is -0.495 e. The maximum atomic E-state index is 8.93. The van der Waals surface area contributed by atoms with Gasteiger partial charge in [0.1, 0.15) is 5.75 Å². The normalized spacial score (nSPS) is 19.9. The molecule has 4 nitrogen and oxygen atoms in total. The van der Waals surface area contributed by atoms with Crippen LogP contribution in [0.5, 0.6) is 5.75 Å². The summed E-state index contributed by atoms with van der Waals surface area (Å²) in [4.78, 5) is 2.50. The molecule has 1 fully saturated rings. The predicted molar refractivity (Wildman–Crippen MR) is 81.1 cm³/mol. The molecule has 0 saturated carbocycles. The van der Waals surface area contributed by atoms with Crippen LogP contribution < -0.4 is 10.1 Å². The van der Waals surface area contributed by atoms with Gasteiger partial charge < -0.3 is 15.0 Å². The van der Waals surface area contributed by atoms with Gasteiger partial charge in [0.15, 0.2) is 0 Å². The van der Waals surface area contributed by atoms with E-state index in [9.17, 15) is 0 Å². The number of nitrogens with one attached hydrogen (secondary N) is 1. The number of nitrogens with zero attached hydrogens (tertiary/aromatic N) is 2. The third kappa shape index (κ3) is 3.64. The van der Waals surface area contributed by atoms with Crippen molar-refractivity contribution in [1.29, 1.82) is 5.26 Å². The second-order valence-electron chi connectivity index (χ2n) is 5.23. The van der Waals surface area contributed by atoms with Crippen LogP contribution in [-0.4, -0.2) is 37.7 Å². The molecule has 1 unspecified atom stereocenters. The Bertz CT molecular complexity index is 481. The Balaban J connectivity index is 2.04. The molecule has 0 radical (unpaired) electrons. The smallest absolute Gasteiger partial charge is 0.143 e. The Morgan fingerprint density at radius 3 is 2.95 bits per heavy atom. The Labute approximate surface area is 121 Å². The summed E-state index contributed by atoms with van der Waals surface area (Å²) in [6.45, 7) is 5.69. The highest BCUT2D eigenvalue weighted by molar-refractivity contribution is 5.59. The molecule has 0 aromatic heterocycles. The number of rotatable bonds is 4. The molecule has 1 N–H and O–H groups in total. The number of hydrogen-bond acceptors (Lipinski definition) is 4. The number of hydrogen-bond donors (Lipinski definition) is 1. The lowest BCUT2D eigenvalue weighted by Gasteiger charge is -2.20. The van der Waals surface area contributed by atoms with Crippen LogP contribution >= 0.6 is 0 Å². The van der Waals surface area contributed by atoms with E-state index in [2.05, 4.69) is 23.2 Å². The van der Waals surface area contributed by atoms with E-state index in [1.165, 1.54) is 19.4 Å². The first-order chi connectivity index (χ1) is 9.76. The molecule has 1 atom stereocenters. The summed E-state index contributed by atoms with van der Waals surface area (Å²) in [6, 6.07) is 8.19. The van der Waals surface area contributed by atoms with Crippen LogP contribution in [0.25, 0.3) is 0 Å². The quantitative estimate of drug-likeness (QED) is 0.916. The first-order valence-electron chi connectivity index (χ1n) is 7.33. The molecule has 1 aliphatic heterocycles. The van der Waals surface area contributed by atoms with Crippen molar-refractivity contribution in [2.24, 2.45) is 0 Å². The van der Waals surface area contributed by atoms with Gasteiger partial charge in [-0.2, -0.15) is 5.26 Å². The van der Waals surface area contributed by atoms with Crippen LogP contribution in [-0.2, 0) is 0 Å². The molecule has 1 heterocycles. The maximum Gasteiger partial charge on any atom is 0.143 e. The molecule has 108 valence electrons. The fraction of sp³-hybridized carbons (Fsp3) is 0.562. The summed E-state index contributed by atoms with van der Waals surface area (Å²) < 4.78 is 5.38. The monoisotopic (exact) mass is 273 g/mol. The van der Waals surface area contributed by atoms with E-state index in [0.717, 1.165) is 30.9 Å². The Morgan fingerprint density at radius 2 is 2.25 bits per heavy atom. The predicted octanol–water partition coefficient (Wildman–Crippen LogP) is 2.85.